The smallest absolute Gasteiger partial charge is 0.307 e. The first-order valence-electron chi connectivity index (χ1n) is 29.2. The van der Waals surface area contributed by atoms with Crippen molar-refractivity contribution in [3.8, 4) is 0 Å². The lowest BCUT2D eigenvalue weighted by Gasteiger charge is -2.06. The number of rotatable bonds is 15. The van der Waals surface area contributed by atoms with Gasteiger partial charge in [-0.05, 0) is 149 Å². The first kappa shape index (κ1) is 74.4. The van der Waals surface area contributed by atoms with E-state index in [0.717, 1.165) is 80.2 Å². The van der Waals surface area contributed by atoms with E-state index < -0.39 is 5.97 Å². The molecule has 0 spiro atoms. The van der Waals surface area contributed by atoms with Gasteiger partial charge in [0.1, 0.15) is 28.9 Å². The predicted molar refractivity (Wildman–Crippen MR) is 390 cm³/mol. The van der Waals surface area contributed by atoms with Crippen LogP contribution in [0.4, 0.5) is 0 Å². The molecule has 0 atom stereocenters. The molecule has 0 unspecified atom stereocenters. The second-order valence-electron chi connectivity index (χ2n) is 20.7. The summed E-state index contributed by atoms with van der Waals surface area (Å²) in [5.41, 5.74) is 14.8. The zero-order valence-electron chi connectivity index (χ0n) is 50.9. The number of carboxylic acids is 1. The number of aldehydes is 2. The molecule has 13 rings (SSSR count). The molecule has 4 N–H and O–H groups in total. The molecule has 5 aromatic carbocycles. The second kappa shape index (κ2) is 37.4. The van der Waals surface area contributed by atoms with Crippen LogP contribution in [-0.2, 0) is 54.8 Å². The van der Waals surface area contributed by atoms with E-state index in [4.69, 9.17) is 127 Å². The first-order chi connectivity index (χ1) is 46.8. The van der Waals surface area contributed by atoms with Crippen molar-refractivity contribution in [2.24, 2.45) is 5.73 Å². The third-order valence-corrected chi connectivity index (χ3v) is 16.9. The Bertz CT molecular complexity index is 4690. The Labute approximate surface area is 608 Å². The molecular formula is C72H56Cl10N10O5. The number of nitrogens with zero attached hydrogens (tertiary/aromatic N) is 8. The lowest BCUT2D eigenvalue weighted by molar-refractivity contribution is -0.136. The first-order valence-corrected chi connectivity index (χ1v) is 33.0. The maximum atomic E-state index is 11.8. The number of aliphatic carboxylic acids is 1. The van der Waals surface area contributed by atoms with Crippen LogP contribution in [-0.4, -0.2) is 67.7 Å². The number of halogens is 10. The molecular weight excluding hydrogens is 1440 g/mol. The van der Waals surface area contributed by atoms with E-state index in [1.165, 1.54) is 6.07 Å². The van der Waals surface area contributed by atoms with Crippen LogP contribution >= 0.6 is 116 Å². The zero-order valence-corrected chi connectivity index (χ0v) is 58.5. The summed E-state index contributed by atoms with van der Waals surface area (Å²) in [5, 5.41) is 16.9. The number of pyridine rings is 5. The maximum absolute atomic E-state index is 11.8. The van der Waals surface area contributed by atoms with Gasteiger partial charge in [0.2, 0.25) is 5.91 Å². The molecule has 25 heteroatoms. The molecule has 0 radical (unpaired) electrons. The molecule has 0 aliphatic carbocycles. The number of benzene rings is 5. The fourth-order valence-electron chi connectivity index (χ4n) is 9.25. The summed E-state index contributed by atoms with van der Waals surface area (Å²) in [4.78, 5) is 65.5. The van der Waals surface area contributed by atoms with Gasteiger partial charge >= 0.3 is 5.97 Å². The van der Waals surface area contributed by atoms with Gasteiger partial charge in [-0.25, -0.2) is 15.0 Å². The van der Waals surface area contributed by atoms with Gasteiger partial charge in [0, 0.05) is 107 Å². The van der Waals surface area contributed by atoms with Gasteiger partial charge in [-0.15, -0.1) is 0 Å². The number of fused-ring (bicyclic) bond motifs is 3. The second-order valence-corrected chi connectivity index (χ2v) is 24.9. The Morgan fingerprint density at radius 3 is 1.20 bits per heavy atom. The van der Waals surface area contributed by atoms with E-state index in [-0.39, 0.29) is 18.7 Å². The quantitative estimate of drug-likeness (QED) is 0.0824. The molecule has 0 aliphatic heterocycles. The van der Waals surface area contributed by atoms with E-state index in [9.17, 15) is 19.2 Å². The molecule has 8 aromatic heterocycles. The van der Waals surface area contributed by atoms with E-state index in [0.29, 0.717) is 99.5 Å². The maximum Gasteiger partial charge on any atom is 0.307 e. The van der Waals surface area contributed by atoms with Crippen LogP contribution in [0.15, 0.2) is 219 Å². The highest BCUT2D eigenvalue weighted by molar-refractivity contribution is 6.37. The Morgan fingerprint density at radius 2 is 0.814 bits per heavy atom. The third-order valence-electron chi connectivity index (χ3n) is 14.0. The van der Waals surface area contributed by atoms with Crippen molar-refractivity contribution in [2.75, 3.05) is 0 Å². The summed E-state index contributed by atoms with van der Waals surface area (Å²) < 4.78 is 5.86. The molecule has 0 saturated heterocycles. The number of imidazole rings is 3. The van der Waals surface area contributed by atoms with Crippen molar-refractivity contribution in [3.05, 3.63) is 337 Å². The normalized spacial score (nSPS) is 10.5. The molecule has 0 aliphatic rings. The molecule has 0 fully saturated rings. The number of nitrogens with one attached hydrogen (secondary N) is 1. The van der Waals surface area contributed by atoms with Gasteiger partial charge in [-0.3, -0.25) is 29.1 Å². The van der Waals surface area contributed by atoms with Crippen LogP contribution in [0, 0.1) is 0 Å². The van der Waals surface area contributed by atoms with Crippen molar-refractivity contribution in [1.82, 2.24) is 43.4 Å². The number of amides is 1. The van der Waals surface area contributed by atoms with Crippen molar-refractivity contribution in [3.63, 3.8) is 0 Å². The average molecular weight is 1500 g/mol. The number of hydrogen-bond acceptors (Lipinski definition) is 10. The fourth-order valence-corrected chi connectivity index (χ4v) is 11.6. The standard InChI is InChI=1S/2C15H10Cl2N2O.C14H12Cl2N2O.C14H10Cl2N2.C8H6Cl2O2.C6H8N2/c2*16-11-5-4-10(12(17)8-11)7-15-18-13(9-20)14-3-1-2-6-19(14)15;15-11-5-4-10(13(16)8-11)7-14(19)18-9-12-3-1-2-6-17-12;15-11-5-4-10(13(16)8-11)7-14-17-9-12-3-1-2-6-18(12)14;9-6-2-1-5(3-8(11)12)7(10)4-6;7-5-6-3-1-2-4-8-6/h2*1-6,8-9H,7H2;1-6,8H,7,9H2,(H,18,19);1-6,8-9H,7H2;1-2,4H,3H2,(H,11,12);1-4H,5,7H2. The largest absolute Gasteiger partial charge is 0.481 e. The molecule has 0 saturated carbocycles. The Morgan fingerprint density at radius 1 is 0.433 bits per heavy atom. The lowest BCUT2D eigenvalue weighted by atomic mass is 10.1. The summed E-state index contributed by atoms with van der Waals surface area (Å²) in [6.07, 6.45) is 14.5. The molecule has 494 valence electrons. The molecule has 15 nitrogen and oxygen atoms in total. The zero-order chi connectivity index (χ0) is 69.4. The summed E-state index contributed by atoms with van der Waals surface area (Å²) in [7, 11) is 0. The lowest BCUT2D eigenvalue weighted by Crippen LogP contribution is -2.25. The topological polar surface area (TPSA) is 204 Å². The molecule has 13 aromatic rings. The van der Waals surface area contributed by atoms with E-state index in [1.54, 1.807) is 73.1 Å². The highest BCUT2D eigenvalue weighted by Gasteiger charge is 2.15. The van der Waals surface area contributed by atoms with Crippen LogP contribution in [0.3, 0.4) is 0 Å². The van der Waals surface area contributed by atoms with Crippen LogP contribution in [0.5, 0.6) is 0 Å². The van der Waals surface area contributed by atoms with Crippen molar-refractivity contribution < 1.29 is 24.3 Å². The van der Waals surface area contributed by atoms with Gasteiger partial charge in [-0.2, -0.15) is 0 Å². The van der Waals surface area contributed by atoms with Crippen molar-refractivity contribution >= 4 is 157 Å². The number of aromatic nitrogens is 8. The summed E-state index contributed by atoms with van der Waals surface area (Å²) in [5.74, 6) is 1.50. The molecule has 1 amide bonds. The third kappa shape index (κ3) is 22.3. The highest BCUT2D eigenvalue weighted by atomic mass is 35.5. The van der Waals surface area contributed by atoms with Crippen molar-refractivity contribution in [1.29, 1.82) is 0 Å². The monoisotopic (exact) mass is 1490 g/mol. The summed E-state index contributed by atoms with van der Waals surface area (Å²) in [6, 6.07) is 54.7. The van der Waals surface area contributed by atoms with Gasteiger partial charge < -0.3 is 29.4 Å². The predicted octanol–water partition coefficient (Wildman–Crippen LogP) is 18.7. The van der Waals surface area contributed by atoms with E-state index >= 15 is 0 Å². The van der Waals surface area contributed by atoms with Crippen LogP contribution in [0.2, 0.25) is 50.2 Å². The molecule has 8 heterocycles. The fraction of sp³-hybridized carbons (Fsp3) is 0.0972. The number of hydrogen-bond donors (Lipinski definition) is 3. The van der Waals surface area contributed by atoms with Crippen LogP contribution in [0.1, 0.15) is 77.7 Å². The van der Waals surface area contributed by atoms with Gasteiger partial charge in [-0.1, -0.05) is 177 Å². The number of nitrogens with two attached hydrogens (primary N) is 1. The van der Waals surface area contributed by atoms with Gasteiger partial charge in [0.05, 0.1) is 53.5 Å². The number of carbonyl (C=O) groups excluding carboxylic acids is 3. The van der Waals surface area contributed by atoms with Crippen LogP contribution < -0.4 is 11.1 Å². The minimum Gasteiger partial charge on any atom is -0.481 e. The molecule has 0 bridgehead atoms. The van der Waals surface area contributed by atoms with Gasteiger partial charge in [0.15, 0.2) is 12.6 Å². The Hall–Kier alpha value is -8.39. The average Bonchev–Trinajstić information content (AvgIpc) is 1.67. The number of carboxylic acid groups (broad SMARTS) is 1. The van der Waals surface area contributed by atoms with E-state index in [1.807, 2.05) is 149 Å². The van der Waals surface area contributed by atoms with Crippen molar-refractivity contribution in [2.45, 2.75) is 45.2 Å². The Kier molecular flexibility index (Phi) is 28.7. The van der Waals surface area contributed by atoms with Crippen LogP contribution in [0.25, 0.3) is 16.6 Å². The SMILES string of the molecule is Clc1ccc(Cc2ncc3ccccn23)c(Cl)c1.NCc1ccccn1.O=C(Cc1ccc(Cl)cc1Cl)NCc1ccccn1.O=C(O)Cc1ccc(Cl)cc1Cl.O=Cc1nc(Cc2ccc(Cl)cc2Cl)n2ccccc12.O=Cc1nc(Cc2ccc(Cl)cc2Cl)n2ccccc12. The minimum atomic E-state index is -0.903. The molecule has 97 heavy (non-hydrogen) atoms. The van der Waals surface area contributed by atoms with Gasteiger partial charge in [0.25, 0.3) is 0 Å². The highest BCUT2D eigenvalue weighted by Crippen LogP contribution is 2.28. The summed E-state index contributed by atoms with van der Waals surface area (Å²) in [6.45, 7) is 0.936. The Balaban J connectivity index is 0.000000152. The van der Waals surface area contributed by atoms with E-state index in [2.05, 4.69) is 34.6 Å². The summed E-state index contributed by atoms with van der Waals surface area (Å²) >= 11 is 59.4. The number of carbonyl (C=O) groups is 4. The minimum absolute atomic E-state index is 0.0734.